The van der Waals surface area contributed by atoms with Crippen molar-refractivity contribution in [3.63, 3.8) is 0 Å². The first-order valence-corrected chi connectivity index (χ1v) is 5.96. The summed E-state index contributed by atoms with van der Waals surface area (Å²) < 4.78 is 2.21. The van der Waals surface area contributed by atoms with Gasteiger partial charge in [0.25, 0.3) is 0 Å². The highest BCUT2D eigenvalue weighted by Crippen LogP contribution is 2.39. The van der Waals surface area contributed by atoms with E-state index in [1.165, 1.54) is 6.42 Å². The molecule has 0 saturated heterocycles. The topological polar surface area (TPSA) is 56.7 Å². The summed E-state index contributed by atoms with van der Waals surface area (Å²) in [5, 5.41) is 0. The van der Waals surface area contributed by atoms with Gasteiger partial charge in [-0.2, -0.15) is 0 Å². The fourth-order valence-corrected chi connectivity index (χ4v) is 2.17. The first-order valence-electron chi connectivity index (χ1n) is 5.96. The third-order valence-electron chi connectivity index (χ3n) is 3.50. The van der Waals surface area contributed by atoms with Gasteiger partial charge in [0.2, 0.25) is 0 Å². The molecule has 0 spiro atoms. The van der Waals surface area contributed by atoms with Crippen LogP contribution in [0, 0.1) is 11.8 Å². The van der Waals surface area contributed by atoms with Crippen molar-refractivity contribution in [3.05, 3.63) is 30.9 Å². The predicted molar refractivity (Wildman–Crippen MR) is 67.1 cm³/mol. The van der Waals surface area contributed by atoms with Crippen LogP contribution in [0.25, 0.3) is 11.3 Å². The Kier molecular flexibility index (Phi) is 2.35. The van der Waals surface area contributed by atoms with E-state index in [1.807, 2.05) is 24.7 Å². The molecule has 2 heterocycles. The summed E-state index contributed by atoms with van der Waals surface area (Å²) in [6.07, 6.45) is 6.92. The van der Waals surface area contributed by atoms with Crippen molar-refractivity contribution in [2.24, 2.45) is 11.8 Å². The first kappa shape index (κ1) is 10.3. The lowest BCUT2D eigenvalue weighted by molar-refractivity contribution is 0.597. The van der Waals surface area contributed by atoms with Crippen LogP contribution < -0.4 is 5.73 Å². The zero-order chi connectivity index (χ0) is 11.8. The third-order valence-corrected chi connectivity index (χ3v) is 3.50. The van der Waals surface area contributed by atoms with Crippen molar-refractivity contribution in [2.75, 3.05) is 5.73 Å². The molecule has 0 amide bonds. The Morgan fingerprint density at radius 3 is 2.88 bits per heavy atom. The van der Waals surface area contributed by atoms with E-state index in [9.17, 15) is 0 Å². The molecule has 0 bridgehead atoms. The third kappa shape index (κ3) is 2.02. The van der Waals surface area contributed by atoms with Crippen LogP contribution in [0.1, 0.15) is 13.3 Å². The number of pyridine rings is 1. The highest BCUT2D eigenvalue weighted by Gasteiger charge is 2.32. The Balaban J connectivity index is 1.87. The predicted octanol–water partition coefficient (Wildman–Crippen LogP) is 2.18. The molecule has 2 atom stereocenters. The van der Waals surface area contributed by atoms with Gasteiger partial charge in [-0.25, -0.2) is 9.97 Å². The average Bonchev–Trinajstić information content (AvgIpc) is 2.83. The Morgan fingerprint density at radius 2 is 2.24 bits per heavy atom. The second-order valence-corrected chi connectivity index (χ2v) is 4.88. The van der Waals surface area contributed by atoms with Crippen molar-refractivity contribution >= 4 is 5.82 Å². The zero-order valence-corrected chi connectivity index (χ0v) is 9.87. The molecule has 4 heteroatoms. The van der Waals surface area contributed by atoms with Crippen LogP contribution in [0.15, 0.2) is 30.9 Å². The van der Waals surface area contributed by atoms with Crippen molar-refractivity contribution < 1.29 is 0 Å². The molecule has 17 heavy (non-hydrogen) atoms. The van der Waals surface area contributed by atoms with Crippen LogP contribution in [0.5, 0.6) is 0 Å². The van der Waals surface area contributed by atoms with E-state index in [0.717, 1.165) is 29.6 Å². The van der Waals surface area contributed by atoms with Gasteiger partial charge in [0, 0.05) is 18.3 Å². The fourth-order valence-electron chi connectivity index (χ4n) is 2.17. The zero-order valence-electron chi connectivity index (χ0n) is 9.87. The summed E-state index contributed by atoms with van der Waals surface area (Å²) in [7, 11) is 0. The molecule has 0 aliphatic heterocycles. The Hall–Kier alpha value is -1.84. The quantitative estimate of drug-likeness (QED) is 0.876. The molecular weight excluding hydrogens is 212 g/mol. The van der Waals surface area contributed by atoms with E-state index in [2.05, 4.69) is 21.5 Å². The van der Waals surface area contributed by atoms with E-state index in [-0.39, 0.29) is 0 Å². The number of hydrogen-bond donors (Lipinski definition) is 1. The lowest BCUT2D eigenvalue weighted by atomic mass is 10.2. The lowest BCUT2D eigenvalue weighted by Gasteiger charge is -2.07. The molecular formula is C13H16N4. The highest BCUT2D eigenvalue weighted by molar-refractivity contribution is 5.59. The molecule has 2 unspecified atom stereocenters. The van der Waals surface area contributed by atoms with E-state index in [0.29, 0.717) is 5.82 Å². The second-order valence-electron chi connectivity index (χ2n) is 4.88. The van der Waals surface area contributed by atoms with E-state index in [4.69, 9.17) is 5.73 Å². The maximum atomic E-state index is 5.59. The minimum atomic E-state index is 0.552. The summed E-state index contributed by atoms with van der Waals surface area (Å²) in [5.74, 6) is 2.22. The number of nitrogens with zero attached hydrogens (tertiary/aromatic N) is 3. The maximum Gasteiger partial charge on any atom is 0.123 e. The first-order chi connectivity index (χ1) is 8.24. The van der Waals surface area contributed by atoms with Gasteiger partial charge < -0.3 is 10.3 Å². The van der Waals surface area contributed by atoms with E-state index < -0.39 is 0 Å². The molecule has 1 fully saturated rings. The molecule has 3 rings (SSSR count). The number of rotatable bonds is 3. The Morgan fingerprint density at radius 1 is 1.41 bits per heavy atom. The molecule has 1 aliphatic rings. The molecule has 2 aromatic heterocycles. The van der Waals surface area contributed by atoms with Crippen molar-refractivity contribution in [1.82, 2.24) is 14.5 Å². The standard InChI is InChI=1S/C13H16N4/c1-9-4-11(9)7-17-8-15-6-12(17)10-2-3-13(14)16-5-10/h2-3,5-6,8-9,11H,4,7H2,1H3,(H2,14,16). The van der Waals surface area contributed by atoms with Crippen molar-refractivity contribution in [2.45, 2.75) is 19.9 Å². The minimum Gasteiger partial charge on any atom is -0.384 e. The maximum absolute atomic E-state index is 5.59. The SMILES string of the molecule is CC1CC1Cn1cncc1-c1ccc(N)nc1. The Labute approximate surface area is 101 Å². The largest absolute Gasteiger partial charge is 0.384 e. The van der Waals surface area contributed by atoms with Gasteiger partial charge >= 0.3 is 0 Å². The summed E-state index contributed by atoms with van der Waals surface area (Å²) in [5.41, 5.74) is 7.79. The van der Waals surface area contributed by atoms with Gasteiger partial charge in [-0.15, -0.1) is 0 Å². The van der Waals surface area contributed by atoms with Gasteiger partial charge in [-0.1, -0.05) is 6.92 Å². The van der Waals surface area contributed by atoms with Crippen LogP contribution >= 0.6 is 0 Å². The van der Waals surface area contributed by atoms with Crippen molar-refractivity contribution in [1.29, 1.82) is 0 Å². The molecule has 1 aliphatic carbocycles. The van der Waals surface area contributed by atoms with Gasteiger partial charge in [-0.05, 0) is 30.4 Å². The number of aromatic nitrogens is 3. The van der Waals surface area contributed by atoms with Crippen LogP contribution in [0.3, 0.4) is 0 Å². The van der Waals surface area contributed by atoms with Gasteiger partial charge in [0.05, 0.1) is 18.2 Å². The summed E-state index contributed by atoms with van der Waals surface area (Å²) in [6, 6.07) is 3.82. The van der Waals surface area contributed by atoms with Crippen molar-refractivity contribution in [3.8, 4) is 11.3 Å². The van der Waals surface area contributed by atoms with E-state index in [1.54, 1.807) is 6.20 Å². The van der Waals surface area contributed by atoms with Gasteiger partial charge in [0.1, 0.15) is 5.82 Å². The normalized spacial score (nSPS) is 22.6. The molecule has 2 N–H and O–H groups in total. The molecule has 0 radical (unpaired) electrons. The van der Waals surface area contributed by atoms with Gasteiger partial charge in [-0.3, -0.25) is 0 Å². The highest BCUT2D eigenvalue weighted by atomic mass is 15.1. The fraction of sp³-hybridized carbons (Fsp3) is 0.385. The van der Waals surface area contributed by atoms with Crippen LogP contribution in [-0.4, -0.2) is 14.5 Å². The number of hydrogen-bond acceptors (Lipinski definition) is 3. The second kappa shape index (κ2) is 3.87. The van der Waals surface area contributed by atoms with Gasteiger partial charge in [0.15, 0.2) is 0 Å². The minimum absolute atomic E-state index is 0.552. The van der Waals surface area contributed by atoms with Crippen LogP contribution in [0.2, 0.25) is 0 Å². The summed E-state index contributed by atoms with van der Waals surface area (Å²) in [6.45, 7) is 3.35. The molecule has 4 nitrogen and oxygen atoms in total. The smallest absolute Gasteiger partial charge is 0.123 e. The van der Waals surface area contributed by atoms with Crippen LogP contribution in [0.4, 0.5) is 5.82 Å². The van der Waals surface area contributed by atoms with E-state index >= 15 is 0 Å². The Bertz CT molecular complexity index is 514. The average molecular weight is 228 g/mol. The molecule has 0 aromatic carbocycles. The molecule has 2 aromatic rings. The summed E-state index contributed by atoms with van der Waals surface area (Å²) in [4.78, 5) is 8.35. The number of nitrogen functional groups attached to an aromatic ring is 1. The summed E-state index contributed by atoms with van der Waals surface area (Å²) >= 11 is 0. The molecule has 1 saturated carbocycles. The molecule has 88 valence electrons. The number of anilines is 1. The number of nitrogens with two attached hydrogens (primary N) is 1. The lowest BCUT2D eigenvalue weighted by Crippen LogP contribution is -2.01. The van der Waals surface area contributed by atoms with Crippen LogP contribution in [-0.2, 0) is 6.54 Å². The monoisotopic (exact) mass is 228 g/mol. The number of imidazole rings is 1.